The summed E-state index contributed by atoms with van der Waals surface area (Å²) in [6, 6.07) is 18.6. The Morgan fingerprint density at radius 1 is 1.03 bits per heavy atom. The first kappa shape index (κ1) is 21.0. The van der Waals surface area contributed by atoms with Gasteiger partial charge < -0.3 is 5.32 Å². The second-order valence-corrected chi connectivity index (χ2v) is 10.3. The maximum Gasteiger partial charge on any atom is 0.142 e. The van der Waals surface area contributed by atoms with Crippen molar-refractivity contribution < 1.29 is 0 Å². The molecule has 0 amide bonds. The molecule has 0 bridgehead atoms. The van der Waals surface area contributed by atoms with Crippen molar-refractivity contribution in [3.8, 4) is 22.4 Å². The zero-order valence-corrected chi connectivity index (χ0v) is 20.7. The zero-order chi connectivity index (χ0) is 21.9. The third kappa shape index (κ3) is 4.51. The molecule has 5 rings (SSSR count). The lowest BCUT2D eigenvalue weighted by Gasteiger charge is -2.08. The molecular weight excluding hydrogens is 498 g/mol. The van der Waals surface area contributed by atoms with Crippen LogP contribution in [-0.4, -0.2) is 15.9 Å². The van der Waals surface area contributed by atoms with Gasteiger partial charge in [-0.25, -0.2) is 4.98 Å². The molecule has 4 aromatic heterocycles. The van der Waals surface area contributed by atoms with E-state index in [0.717, 1.165) is 56.2 Å². The topological polar surface area (TPSA) is 29.3 Å². The number of anilines is 1. The van der Waals surface area contributed by atoms with Crippen LogP contribution in [0.25, 0.3) is 16.2 Å². The van der Waals surface area contributed by atoms with Crippen molar-refractivity contribution in [1.29, 1.82) is 0 Å². The number of aryl methyl sites for hydroxylation is 1. The van der Waals surface area contributed by atoms with Crippen LogP contribution in [0.5, 0.6) is 0 Å². The van der Waals surface area contributed by atoms with Gasteiger partial charge in [0.1, 0.15) is 17.2 Å². The van der Waals surface area contributed by atoms with Crippen molar-refractivity contribution in [2.24, 2.45) is 0 Å². The predicted octanol–water partition coefficient (Wildman–Crippen LogP) is 7.25. The average molecular weight is 519 g/mol. The van der Waals surface area contributed by atoms with E-state index in [9.17, 15) is 0 Å². The highest BCUT2D eigenvalue weighted by Gasteiger charge is 2.17. The second kappa shape index (κ2) is 9.33. The molecule has 0 atom stereocenters. The molecule has 0 unspecified atom stereocenters. The molecule has 0 radical (unpaired) electrons. The summed E-state index contributed by atoms with van der Waals surface area (Å²) < 4.78 is 3.19. The minimum absolute atomic E-state index is 0.846. The normalized spacial score (nSPS) is 10.8. The van der Waals surface area contributed by atoms with Gasteiger partial charge in [-0.2, -0.15) is 0 Å². The number of nitrogens with zero attached hydrogens (tertiary/aromatic N) is 2. The largest absolute Gasteiger partial charge is 0.369 e. The van der Waals surface area contributed by atoms with Crippen molar-refractivity contribution in [3.05, 3.63) is 97.6 Å². The Hall–Kier alpha value is -2.85. The van der Waals surface area contributed by atoms with Crippen LogP contribution in [0, 0.1) is 18.8 Å². The van der Waals surface area contributed by atoms with Crippen molar-refractivity contribution in [2.45, 2.75) is 13.3 Å². The first-order valence-electron chi connectivity index (χ1n) is 10.3. The fraction of sp³-hybridized carbons (Fsp3) is 0.115. The summed E-state index contributed by atoms with van der Waals surface area (Å²) >= 11 is 7.11. The molecule has 0 fully saturated rings. The van der Waals surface area contributed by atoms with E-state index in [4.69, 9.17) is 4.98 Å². The Balaban J connectivity index is 1.49. The highest BCUT2D eigenvalue weighted by atomic mass is 79.9. The standard InChI is InChI=1S/C26H20BrN3S2/c1-18-14-21(27)16-30-25(18)29-24(26(30)28-12-11-22-8-5-13-31-22)23-15-20(17-32-23)10-9-19-6-3-2-4-7-19/h2-8,13-17,28H,11-12H2,1H3. The number of nitrogens with one attached hydrogen (secondary N) is 1. The number of imidazole rings is 1. The number of halogens is 1. The highest BCUT2D eigenvalue weighted by molar-refractivity contribution is 9.10. The maximum atomic E-state index is 5.02. The molecule has 1 aromatic carbocycles. The van der Waals surface area contributed by atoms with Gasteiger partial charge in [0.2, 0.25) is 0 Å². The van der Waals surface area contributed by atoms with Crippen LogP contribution in [0.3, 0.4) is 0 Å². The van der Waals surface area contributed by atoms with Crippen LogP contribution in [0.4, 0.5) is 5.82 Å². The van der Waals surface area contributed by atoms with E-state index < -0.39 is 0 Å². The van der Waals surface area contributed by atoms with E-state index in [2.05, 4.69) is 85.6 Å². The number of pyridine rings is 1. The lowest BCUT2D eigenvalue weighted by Crippen LogP contribution is -2.07. The first-order chi connectivity index (χ1) is 15.7. The van der Waals surface area contributed by atoms with E-state index in [1.54, 1.807) is 22.7 Å². The molecule has 6 heteroatoms. The quantitative estimate of drug-likeness (QED) is 0.248. The van der Waals surface area contributed by atoms with Gasteiger partial charge in [-0.15, -0.1) is 22.7 Å². The summed E-state index contributed by atoms with van der Waals surface area (Å²) in [7, 11) is 0. The maximum absolute atomic E-state index is 5.02. The van der Waals surface area contributed by atoms with E-state index in [1.165, 1.54) is 4.88 Å². The van der Waals surface area contributed by atoms with E-state index in [-0.39, 0.29) is 0 Å². The minimum atomic E-state index is 0.846. The van der Waals surface area contributed by atoms with Gasteiger partial charge in [0, 0.05) is 38.6 Å². The molecule has 0 spiro atoms. The highest BCUT2D eigenvalue weighted by Crippen LogP contribution is 2.35. The number of rotatable bonds is 5. The molecule has 0 saturated carbocycles. The third-order valence-electron chi connectivity index (χ3n) is 5.07. The Morgan fingerprint density at radius 3 is 2.69 bits per heavy atom. The van der Waals surface area contributed by atoms with Crippen molar-refractivity contribution in [1.82, 2.24) is 9.38 Å². The van der Waals surface area contributed by atoms with Gasteiger partial charge in [-0.1, -0.05) is 36.1 Å². The number of thiophene rings is 2. The molecule has 0 aliphatic carbocycles. The van der Waals surface area contributed by atoms with Crippen LogP contribution in [0.2, 0.25) is 0 Å². The Kier molecular flexibility index (Phi) is 6.13. The summed E-state index contributed by atoms with van der Waals surface area (Å²) in [4.78, 5) is 7.50. The van der Waals surface area contributed by atoms with Crippen LogP contribution >= 0.6 is 38.6 Å². The average Bonchev–Trinajstić information content (AvgIpc) is 3.54. The Morgan fingerprint density at radius 2 is 1.88 bits per heavy atom. The Bertz CT molecular complexity index is 1420. The van der Waals surface area contributed by atoms with Crippen molar-refractivity contribution >= 4 is 50.1 Å². The molecule has 0 aliphatic heterocycles. The van der Waals surface area contributed by atoms with E-state index >= 15 is 0 Å². The predicted molar refractivity (Wildman–Crippen MR) is 140 cm³/mol. The second-order valence-electron chi connectivity index (χ2n) is 7.42. The molecule has 0 saturated heterocycles. The van der Waals surface area contributed by atoms with Crippen LogP contribution in [0.15, 0.2) is 76.0 Å². The number of hydrogen-bond donors (Lipinski definition) is 1. The van der Waals surface area contributed by atoms with Crippen LogP contribution in [-0.2, 0) is 6.42 Å². The first-order valence-corrected chi connectivity index (χ1v) is 12.8. The summed E-state index contributed by atoms with van der Waals surface area (Å²) in [6.45, 7) is 2.94. The van der Waals surface area contributed by atoms with Crippen LogP contribution < -0.4 is 5.32 Å². The van der Waals surface area contributed by atoms with Crippen LogP contribution in [0.1, 0.15) is 21.6 Å². The number of hydrogen-bond acceptors (Lipinski definition) is 4. The minimum Gasteiger partial charge on any atom is -0.369 e. The van der Waals surface area contributed by atoms with E-state index in [0.29, 0.717) is 0 Å². The lowest BCUT2D eigenvalue weighted by atomic mass is 10.2. The summed E-state index contributed by atoms with van der Waals surface area (Å²) in [5.74, 6) is 7.55. The fourth-order valence-electron chi connectivity index (χ4n) is 3.56. The van der Waals surface area contributed by atoms with E-state index in [1.807, 2.05) is 30.3 Å². The molecule has 4 heterocycles. The summed E-state index contributed by atoms with van der Waals surface area (Å²) in [6.07, 6.45) is 3.06. The van der Waals surface area contributed by atoms with Gasteiger partial charge in [0.15, 0.2) is 0 Å². The number of benzene rings is 1. The molecule has 1 N–H and O–H groups in total. The van der Waals surface area contributed by atoms with Crippen molar-refractivity contribution in [3.63, 3.8) is 0 Å². The molecule has 0 aliphatic rings. The van der Waals surface area contributed by atoms with Gasteiger partial charge in [0.25, 0.3) is 0 Å². The van der Waals surface area contributed by atoms with Gasteiger partial charge in [0.05, 0.1) is 4.88 Å². The zero-order valence-electron chi connectivity index (χ0n) is 17.4. The number of aromatic nitrogens is 2. The SMILES string of the molecule is Cc1cc(Br)cn2c(NCCc3cccs3)c(-c3cc(C#Cc4ccccc4)cs3)nc12. The lowest BCUT2D eigenvalue weighted by molar-refractivity contribution is 1.02. The smallest absolute Gasteiger partial charge is 0.142 e. The summed E-state index contributed by atoms with van der Waals surface area (Å²) in [5.41, 5.74) is 5.09. The Labute approximate surface area is 203 Å². The molecule has 3 nitrogen and oxygen atoms in total. The molecule has 32 heavy (non-hydrogen) atoms. The van der Waals surface area contributed by atoms with Gasteiger partial charge >= 0.3 is 0 Å². The molecule has 158 valence electrons. The fourth-order valence-corrected chi connectivity index (χ4v) is 5.65. The summed E-state index contributed by atoms with van der Waals surface area (Å²) in [5, 5.41) is 7.88. The van der Waals surface area contributed by atoms with Crippen molar-refractivity contribution in [2.75, 3.05) is 11.9 Å². The van der Waals surface area contributed by atoms with Gasteiger partial charge in [-0.05, 0) is 70.5 Å². The molecule has 5 aromatic rings. The monoisotopic (exact) mass is 517 g/mol. The third-order valence-corrected chi connectivity index (χ3v) is 7.38. The molecular formula is C26H20BrN3S2. The van der Waals surface area contributed by atoms with Gasteiger partial charge in [-0.3, -0.25) is 4.40 Å². The number of fused-ring (bicyclic) bond motifs is 1.